The number of rotatable bonds is 3. The van der Waals surface area contributed by atoms with Crippen LogP contribution in [0.3, 0.4) is 0 Å². The maximum absolute atomic E-state index is 13.5. The van der Waals surface area contributed by atoms with Gasteiger partial charge in [0, 0.05) is 24.8 Å². The number of hydrogen-bond acceptors (Lipinski definition) is 2. The van der Waals surface area contributed by atoms with E-state index in [2.05, 4.69) is 10.3 Å². The highest BCUT2D eigenvalue weighted by atomic mass is 19.1. The summed E-state index contributed by atoms with van der Waals surface area (Å²) in [4.78, 5) is 4.66. The molecule has 0 unspecified atom stereocenters. The summed E-state index contributed by atoms with van der Waals surface area (Å²) in [6.07, 6.45) is 0. The van der Waals surface area contributed by atoms with Crippen LogP contribution < -0.4 is 5.32 Å². The molecule has 0 fully saturated rings. The molecule has 0 radical (unpaired) electrons. The molecule has 0 aliphatic rings. The molecule has 0 saturated carbocycles. The molecule has 3 nitrogen and oxygen atoms in total. The van der Waals surface area contributed by atoms with E-state index >= 15 is 0 Å². The Kier molecular flexibility index (Phi) is 3.14. The second-order valence-electron chi connectivity index (χ2n) is 4.61. The molecule has 0 amide bonds. The normalized spacial score (nSPS) is 10.9. The second kappa shape index (κ2) is 4.96. The molecule has 3 aromatic rings. The fourth-order valence-corrected chi connectivity index (χ4v) is 2.52. The minimum absolute atomic E-state index is 0.236. The van der Waals surface area contributed by atoms with Gasteiger partial charge in [0.05, 0.1) is 11.0 Å². The van der Waals surface area contributed by atoms with Gasteiger partial charge in [-0.05, 0) is 37.3 Å². The number of imidazole rings is 1. The van der Waals surface area contributed by atoms with Gasteiger partial charge in [-0.25, -0.2) is 9.37 Å². The summed E-state index contributed by atoms with van der Waals surface area (Å²) in [5.74, 6) is 0.624. The lowest BCUT2D eigenvalue weighted by molar-refractivity contribution is 0.628. The molecule has 1 heterocycles. The lowest BCUT2D eigenvalue weighted by Crippen LogP contribution is -2.00. The molecule has 1 N–H and O–H groups in total. The van der Waals surface area contributed by atoms with E-state index in [1.165, 1.54) is 12.1 Å². The Morgan fingerprint density at radius 3 is 2.75 bits per heavy atom. The third-order valence-corrected chi connectivity index (χ3v) is 3.46. The standard InChI is InChI=1S/C16H16FN3/c1-3-20-15-10-11(17)8-9-14(15)19-16(20)12-6-4-5-7-13(12)18-2/h4-10,18H,3H2,1-2H3. The summed E-state index contributed by atoms with van der Waals surface area (Å²) in [7, 11) is 1.89. The van der Waals surface area contributed by atoms with Gasteiger partial charge in [-0.15, -0.1) is 0 Å². The number of aromatic nitrogens is 2. The van der Waals surface area contributed by atoms with E-state index in [0.29, 0.717) is 0 Å². The maximum Gasteiger partial charge on any atom is 0.143 e. The predicted molar refractivity (Wildman–Crippen MR) is 80.3 cm³/mol. The van der Waals surface area contributed by atoms with Crippen molar-refractivity contribution in [2.75, 3.05) is 12.4 Å². The van der Waals surface area contributed by atoms with Crippen LogP contribution in [0.5, 0.6) is 0 Å². The van der Waals surface area contributed by atoms with Gasteiger partial charge in [0.25, 0.3) is 0 Å². The van der Waals surface area contributed by atoms with Gasteiger partial charge >= 0.3 is 0 Å². The molecule has 0 spiro atoms. The highest BCUT2D eigenvalue weighted by molar-refractivity contribution is 5.84. The maximum atomic E-state index is 13.5. The minimum Gasteiger partial charge on any atom is -0.388 e. The van der Waals surface area contributed by atoms with Crippen LogP contribution in [0, 0.1) is 5.82 Å². The first-order chi connectivity index (χ1) is 9.74. The number of para-hydroxylation sites is 1. The lowest BCUT2D eigenvalue weighted by atomic mass is 10.1. The van der Waals surface area contributed by atoms with E-state index in [9.17, 15) is 4.39 Å². The van der Waals surface area contributed by atoms with Gasteiger partial charge in [-0.3, -0.25) is 0 Å². The smallest absolute Gasteiger partial charge is 0.143 e. The van der Waals surface area contributed by atoms with Crippen molar-refractivity contribution in [3.63, 3.8) is 0 Å². The first-order valence-electron chi connectivity index (χ1n) is 6.67. The average Bonchev–Trinajstić information content (AvgIpc) is 2.84. The van der Waals surface area contributed by atoms with Crippen molar-refractivity contribution in [1.82, 2.24) is 9.55 Å². The monoisotopic (exact) mass is 269 g/mol. The second-order valence-corrected chi connectivity index (χ2v) is 4.61. The fourth-order valence-electron chi connectivity index (χ4n) is 2.52. The number of nitrogens with zero attached hydrogens (tertiary/aromatic N) is 2. The Bertz CT molecular complexity index is 762. The number of halogens is 1. The molecule has 0 aliphatic carbocycles. The summed E-state index contributed by atoms with van der Waals surface area (Å²) in [6, 6.07) is 12.7. The number of fused-ring (bicyclic) bond motifs is 1. The summed E-state index contributed by atoms with van der Waals surface area (Å²) in [5, 5.41) is 3.17. The summed E-state index contributed by atoms with van der Waals surface area (Å²) in [5.41, 5.74) is 3.67. The summed E-state index contributed by atoms with van der Waals surface area (Å²) in [6.45, 7) is 2.78. The third kappa shape index (κ3) is 1.93. The summed E-state index contributed by atoms with van der Waals surface area (Å²) < 4.78 is 15.5. The first kappa shape index (κ1) is 12.7. The van der Waals surface area contributed by atoms with Crippen LogP contribution in [0.1, 0.15) is 6.92 Å². The first-order valence-corrected chi connectivity index (χ1v) is 6.67. The quantitative estimate of drug-likeness (QED) is 0.781. The zero-order chi connectivity index (χ0) is 14.1. The van der Waals surface area contributed by atoms with Crippen molar-refractivity contribution in [3.05, 3.63) is 48.3 Å². The Morgan fingerprint density at radius 2 is 2.00 bits per heavy atom. The van der Waals surface area contributed by atoms with Crippen LogP contribution in [-0.4, -0.2) is 16.6 Å². The largest absolute Gasteiger partial charge is 0.388 e. The number of aryl methyl sites for hydroxylation is 1. The van der Waals surface area contributed by atoms with Gasteiger partial charge in [0.15, 0.2) is 0 Å². The van der Waals surface area contributed by atoms with E-state index in [-0.39, 0.29) is 5.82 Å². The Hall–Kier alpha value is -2.36. The molecule has 1 aromatic heterocycles. The topological polar surface area (TPSA) is 29.9 Å². The molecule has 102 valence electrons. The lowest BCUT2D eigenvalue weighted by Gasteiger charge is -2.10. The van der Waals surface area contributed by atoms with Crippen LogP contribution in [0.25, 0.3) is 22.4 Å². The minimum atomic E-state index is -0.236. The van der Waals surface area contributed by atoms with E-state index in [1.54, 1.807) is 6.07 Å². The molecule has 2 aromatic carbocycles. The molecular formula is C16H16FN3. The fraction of sp³-hybridized carbons (Fsp3) is 0.188. The molecule has 3 rings (SSSR count). The van der Waals surface area contributed by atoms with Crippen molar-refractivity contribution in [2.45, 2.75) is 13.5 Å². The SMILES string of the molecule is CCn1c(-c2ccccc2NC)nc2ccc(F)cc21. The van der Waals surface area contributed by atoms with Gasteiger partial charge in [0.1, 0.15) is 11.6 Å². The molecule has 0 atom stereocenters. The van der Waals surface area contributed by atoms with Gasteiger partial charge in [-0.1, -0.05) is 12.1 Å². The number of nitrogens with one attached hydrogen (secondary N) is 1. The predicted octanol–water partition coefficient (Wildman–Crippen LogP) is 3.90. The third-order valence-electron chi connectivity index (χ3n) is 3.46. The highest BCUT2D eigenvalue weighted by Gasteiger charge is 2.14. The van der Waals surface area contributed by atoms with Gasteiger partial charge in [0.2, 0.25) is 0 Å². The number of benzene rings is 2. The Balaban J connectivity index is 2.30. The Morgan fingerprint density at radius 1 is 1.20 bits per heavy atom. The zero-order valence-corrected chi connectivity index (χ0v) is 11.5. The molecule has 4 heteroatoms. The zero-order valence-electron chi connectivity index (χ0n) is 11.5. The van der Waals surface area contributed by atoms with Crippen LogP contribution >= 0.6 is 0 Å². The van der Waals surface area contributed by atoms with Crippen molar-refractivity contribution in [2.24, 2.45) is 0 Å². The van der Waals surface area contributed by atoms with E-state index in [4.69, 9.17) is 0 Å². The number of anilines is 1. The Labute approximate surface area is 117 Å². The molecule has 0 aliphatic heterocycles. The van der Waals surface area contributed by atoms with Crippen molar-refractivity contribution in [1.29, 1.82) is 0 Å². The molecule has 0 bridgehead atoms. The van der Waals surface area contributed by atoms with E-state index in [0.717, 1.165) is 34.7 Å². The van der Waals surface area contributed by atoms with Crippen LogP contribution in [0.4, 0.5) is 10.1 Å². The van der Waals surface area contributed by atoms with Crippen molar-refractivity contribution < 1.29 is 4.39 Å². The van der Waals surface area contributed by atoms with Gasteiger partial charge < -0.3 is 9.88 Å². The molecule has 20 heavy (non-hydrogen) atoms. The highest BCUT2D eigenvalue weighted by Crippen LogP contribution is 2.30. The van der Waals surface area contributed by atoms with Crippen LogP contribution in [0.15, 0.2) is 42.5 Å². The number of hydrogen-bond donors (Lipinski definition) is 1. The molecular weight excluding hydrogens is 253 g/mol. The van der Waals surface area contributed by atoms with E-state index in [1.807, 2.05) is 42.8 Å². The van der Waals surface area contributed by atoms with Crippen LogP contribution in [0.2, 0.25) is 0 Å². The van der Waals surface area contributed by atoms with Gasteiger partial charge in [-0.2, -0.15) is 0 Å². The average molecular weight is 269 g/mol. The van der Waals surface area contributed by atoms with Crippen LogP contribution in [-0.2, 0) is 6.54 Å². The van der Waals surface area contributed by atoms with Crippen molar-refractivity contribution >= 4 is 16.7 Å². The van der Waals surface area contributed by atoms with E-state index < -0.39 is 0 Å². The summed E-state index contributed by atoms with van der Waals surface area (Å²) >= 11 is 0. The molecule has 0 saturated heterocycles. The van der Waals surface area contributed by atoms with Crippen molar-refractivity contribution in [3.8, 4) is 11.4 Å².